The number of aliphatic imine (C=N–C) groups is 1. The first-order valence-corrected chi connectivity index (χ1v) is 8.39. The molecule has 1 aliphatic carbocycles. The Balaban J connectivity index is 1.78. The quantitative estimate of drug-likeness (QED) is 0.850. The number of fused-ring (bicyclic) bond motifs is 1. The number of hydrogen-bond donors (Lipinski definition) is 1. The minimum atomic E-state index is 0.439. The molecule has 0 saturated heterocycles. The summed E-state index contributed by atoms with van der Waals surface area (Å²) in [6, 6.07) is 8.30. The third-order valence-corrected chi connectivity index (χ3v) is 4.47. The highest BCUT2D eigenvalue weighted by Gasteiger charge is 2.27. The van der Waals surface area contributed by atoms with Gasteiger partial charge in [-0.2, -0.15) is 0 Å². The van der Waals surface area contributed by atoms with Crippen molar-refractivity contribution in [1.82, 2.24) is 9.97 Å². The summed E-state index contributed by atoms with van der Waals surface area (Å²) in [5.74, 6) is 0.856. The predicted octanol–water partition coefficient (Wildman–Crippen LogP) is 3.97. The molecular formula is C19H24N4. The number of nitrogens with two attached hydrogens (primary N) is 1. The molecule has 120 valence electrons. The Bertz CT molecular complexity index is 738. The smallest absolute Gasteiger partial charge is 0.0925 e. The lowest BCUT2D eigenvalue weighted by atomic mass is 9.78. The highest BCUT2D eigenvalue weighted by atomic mass is 14.8. The van der Waals surface area contributed by atoms with Crippen molar-refractivity contribution in [3.05, 3.63) is 41.9 Å². The number of nitrogens with zero attached hydrogens (tertiary/aromatic N) is 3. The van der Waals surface area contributed by atoms with Crippen molar-refractivity contribution in [2.75, 3.05) is 0 Å². The highest BCUT2D eigenvalue weighted by Crippen LogP contribution is 2.33. The molecule has 0 amide bonds. The summed E-state index contributed by atoms with van der Waals surface area (Å²) in [7, 11) is 0. The van der Waals surface area contributed by atoms with E-state index in [2.05, 4.69) is 16.9 Å². The van der Waals surface area contributed by atoms with Crippen LogP contribution >= 0.6 is 0 Å². The monoisotopic (exact) mass is 308 g/mol. The van der Waals surface area contributed by atoms with Crippen LogP contribution in [-0.2, 0) is 0 Å². The van der Waals surface area contributed by atoms with E-state index < -0.39 is 0 Å². The summed E-state index contributed by atoms with van der Waals surface area (Å²) in [5, 5.41) is 0. The fourth-order valence-electron chi connectivity index (χ4n) is 3.10. The lowest BCUT2D eigenvalue weighted by molar-refractivity contribution is 0.250. The normalized spacial score (nSPS) is 22.2. The molecule has 1 fully saturated rings. The summed E-state index contributed by atoms with van der Waals surface area (Å²) in [6.45, 7) is 4.13. The number of aromatic nitrogens is 2. The summed E-state index contributed by atoms with van der Waals surface area (Å²) >= 11 is 0. The summed E-state index contributed by atoms with van der Waals surface area (Å²) in [6.07, 6.45) is 8.65. The lowest BCUT2D eigenvalue weighted by Gasteiger charge is -2.32. The van der Waals surface area contributed by atoms with Gasteiger partial charge in [0.05, 0.1) is 29.0 Å². The molecule has 1 saturated carbocycles. The zero-order valence-corrected chi connectivity index (χ0v) is 13.9. The van der Waals surface area contributed by atoms with E-state index in [1.165, 1.54) is 25.7 Å². The van der Waals surface area contributed by atoms with Crippen LogP contribution in [-0.4, -0.2) is 22.2 Å². The van der Waals surface area contributed by atoms with Gasteiger partial charge >= 0.3 is 0 Å². The van der Waals surface area contributed by atoms with Crippen molar-refractivity contribution >= 4 is 22.8 Å². The molecule has 3 rings (SSSR count). The largest absolute Gasteiger partial charge is 0.402 e. The minimum Gasteiger partial charge on any atom is -0.402 e. The molecule has 1 aromatic heterocycles. The van der Waals surface area contributed by atoms with Crippen LogP contribution in [0, 0.1) is 5.92 Å². The molecule has 1 aliphatic rings. The van der Waals surface area contributed by atoms with Gasteiger partial charge in [-0.05, 0) is 37.8 Å². The first-order valence-electron chi connectivity index (χ1n) is 8.39. The average Bonchev–Trinajstić information content (AvgIpc) is 2.52. The summed E-state index contributed by atoms with van der Waals surface area (Å²) in [4.78, 5) is 13.8. The van der Waals surface area contributed by atoms with Crippen LogP contribution in [0.2, 0.25) is 0 Å². The summed E-state index contributed by atoms with van der Waals surface area (Å²) < 4.78 is 0. The van der Waals surface area contributed by atoms with Crippen LogP contribution in [0.1, 0.15) is 45.2 Å². The second kappa shape index (κ2) is 6.90. The van der Waals surface area contributed by atoms with Gasteiger partial charge in [0.1, 0.15) is 0 Å². The van der Waals surface area contributed by atoms with E-state index in [1.807, 2.05) is 37.4 Å². The maximum absolute atomic E-state index is 6.05. The average molecular weight is 308 g/mol. The van der Waals surface area contributed by atoms with Crippen molar-refractivity contribution in [3.63, 3.8) is 0 Å². The molecule has 23 heavy (non-hydrogen) atoms. The van der Waals surface area contributed by atoms with Gasteiger partial charge < -0.3 is 5.73 Å². The fraction of sp³-hybridized carbons (Fsp3) is 0.421. The van der Waals surface area contributed by atoms with Gasteiger partial charge in [0, 0.05) is 17.5 Å². The minimum absolute atomic E-state index is 0.439. The van der Waals surface area contributed by atoms with Gasteiger partial charge in [-0.15, -0.1) is 0 Å². The van der Waals surface area contributed by atoms with E-state index in [1.54, 1.807) is 6.20 Å². The van der Waals surface area contributed by atoms with E-state index in [4.69, 9.17) is 10.7 Å². The number of para-hydroxylation sites is 2. The number of hydrogen-bond acceptors (Lipinski definition) is 4. The van der Waals surface area contributed by atoms with E-state index in [0.29, 0.717) is 6.04 Å². The highest BCUT2D eigenvalue weighted by molar-refractivity contribution is 6.10. The molecule has 1 aromatic carbocycles. The van der Waals surface area contributed by atoms with E-state index in [-0.39, 0.29) is 0 Å². The third kappa shape index (κ3) is 3.58. The van der Waals surface area contributed by atoms with Gasteiger partial charge in [-0.25, -0.2) is 4.98 Å². The van der Waals surface area contributed by atoms with Crippen LogP contribution in [0.5, 0.6) is 0 Å². The molecule has 0 aliphatic heterocycles. The van der Waals surface area contributed by atoms with E-state index >= 15 is 0 Å². The number of benzene rings is 1. The molecule has 0 unspecified atom stereocenters. The van der Waals surface area contributed by atoms with Gasteiger partial charge in [-0.1, -0.05) is 31.9 Å². The fourth-order valence-corrected chi connectivity index (χ4v) is 3.10. The third-order valence-electron chi connectivity index (χ3n) is 4.47. The summed E-state index contributed by atoms with van der Waals surface area (Å²) in [5.41, 5.74) is 10.2. The first kappa shape index (κ1) is 15.7. The van der Waals surface area contributed by atoms with Crippen LogP contribution in [0.25, 0.3) is 16.6 Å². The molecule has 0 atom stereocenters. The zero-order valence-electron chi connectivity index (χ0n) is 13.9. The Morgan fingerprint density at radius 2 is 2.04 bits per heavy atom. The molecule has 0 bridgehead atoms. The first-order chi connectivity index (χ1) is 11.2. The maximum atomic E-state index is 6.05. The van der Waals surface area contributed by atoms with Crippen LogP contribution in [0.4, 0.5) is 0 Å². The van der Waals surface area contributed by atoms with Crippen molar-refractivity contribution in [3.8, 4) is 0 Å². The molecule has 0 radical (unpaired) electrons. The van der Waals surface area contributed by atoms with Crippen LogP contribution in [0.3, 0.4) is 0 Å². The van der Waals surface area contributed by atoms with E-state index in [0.717, 1.165) is 33.9 Å². The van der Waals surface area contributed by atoms with Gasteiger partial charge in [0.15, 0.2) is 0 Å². The molecular weight excluding hydrogens is 284 g/mol. The Labute approximate surface area is 137 Å². The topological polar surface area (TPSA) is 64.2 Å². The maximum Gasteiger partial charge on any atom is 0.0925 e. The number of allylic oxidation sites excluding steroid dienone is 2. The van der Waals surface area contributed by atoms with Crippen LogP contribution in [0.15, 0.2) is 41.2 Å². The van der Waals surface area contributed by atoms with Crippen molar-refractivity contribution in [2.45, 2.75) is 45.6 Å². The molecule has 1 heterocycles. The standard InChI is InChI=1S/C19H24N4/c1-3-6-14-9-15(10-14)21-11-16(13(2)20)19-12-22-17-7-4-5-8-18(17)23-19/h4-5,7-8,11-12,14-15H,3,6,9-10,20H2,1-2H3. The van der Waals surface area contributed by atoms with Gasteiger partial charge in [0.2, 0.25) is 0 Å². The molecule has 0 spiro atoms. The SMILES string of the molecule is CCCC1CC(N=CC(=C(C)N)c2cnc3ccccc3n2)C1. The number of rotatable bonds is 5. The molecule has 4 nitrogen and oxygen atoms in total. The Hall–Kier alpha value is -2.23. The van der Waals surface area contributed by atoms with Crippen LogP contribution < -0.4 is 5.73 Å². The van der Waals surface area contributed by atoms with Gasteiger partial charge in [-0.3, -0.25) is 9.98 Å². The predicted molar refractivity (Wildman–Crippen MR) is 96.2 cm³/mol. The second-order valence-corrected chi connectivity index (χ2v) is 6.40. The molecule has 4 heteroatoms. The Morgan fingerprint density at radius 3 is 2.74 bits per heavy atom. The van der Waals surface area contributed by atoms with Crippen molar-refractivity contribution in [1.29, 1.82) is 0 Å². The van der Waals surface area contributed by atoms with Crippen molar-refractivity contribution < 1.29 is 0 Å². The van der Waals surface area contributed by atoms with Gasteiger partial charge in [0.25, 0.3) is 0 Å². The molecule has 2 aromatic rings. The Kier molecular flexibility index (Phi) is 4.70. The Morgan fingerprint density at radius 1 is 1.30 bits per heavy atom. The lowest BCUT2D eigenvalue weighted by Crippen LogP contribution is -2.27. The van der Waals surface area contributed by atoms with Crippen molar-refractivity contribution in [2.24, 2.45) is 16.6 Å². The molecule has 2 N–H and O–H groups in total. The zero-order chi connectivity index (χ0) is 16.2. The van der Waals surface area contributed by atoms with E-state index in [9.17, 15) is 0 Å². The second-order valence-electron chi connectivity index (χ2n) is 6.40.